The Morgan fingerprint density at radius 1 is 1.37 bits per heavy atom. The Morgan fingerprint density at radius 3 is 2.68 bits per heavy atom. The molecule has 0 spiro atoms. The highest BCUT2D eigenvalue weighted by atomic mass is 32.2. The van der Waals surface area contributed by atoms with Crippen molar-refractivity contribution in [2.75, 3.05) is 23.6 Å². The van der Waals surface area contributed by atoms with Crippen molar-refractivity contribution in [2.24, 2.45) is 5.92 Å². The molecule has 2 rings (SSSR count). The Morgan fingerprint density at radius 2 is 2.05 bits per heavy atom. The van der Waals surface area contributed by atoms with Crippen LogP contribution in [0.2, 0.25) is 0 Å². The second kappa shape index (κ2) is 5.88. The van der Waals surface area contributed by atoms with Crippen molar-refractivity contribution in [1.29, 1.82) is 0 Å². The summed E-state index contributed by atoms with van der Waals surface area (Å²) >= 11 is 0. The molecule has 4 nitrogen and oxygen atoms in total. The second-order valence-corrected chi connectivity index (χ2v) is 6.81. The summed E-state index contributed by atoms with van der Waals surface area (Å²) in [6, 6.07) is 4.23. The first kappa shape index (κ1) is 14.3. The molecule has 1 aliphatic heterocycles. The maximum absolute atomic E-state index is 13.1. The molecule has 0 radical (unpaired) electrons. The van der Waals surface area contributed by atoms with Crippen LogP contribution in [-0.2, 0) is 10.0 Å². The average Bonchev–Trinajstić information content (AvgIpc) is 2.34. The van der Waals surface area contributed by atoms with Gasteiger partial charge in [0, 0.05) is 5.69 Å². The van der Waals surface area contributed by atoms with Crippen molar-refractivity contribution < 1.29 is 12.8 Å². The van der Waals surface area contributed by atoms with Gasteiger partial charge in [0.25, 0.3) is 0 Å². The van der Waals surface area contributed by atoms with Crippen LogP contribution in [0.15, 0.2) is 18.2 Å². The number of piperidine rings is 1. The monoisotopic (exact) mass is 286 g/mol. The number of sulfonamides is 1. The first-order chi connectivity index (χ1) is 8.96. The molecule has 106 valence electrons. The second-order valence-electron chi connectivity index (χ2n) is 5.04. The Labute approximate surface area is 113 Å². The molecule has 0 aromatic heterocycles. The largest absolute Gasteiger partial charge is 0.317 e. The molecule has 1 fully saturated rings. The molecule has 2 N–H and O–H groups in total. The van der Waals surface area contributed by atoms with E-state index in [9.17, 15) is 12.8 Å². The van der Waals surface area contributed by atoms with Crippen LogP contribution in [0.1, 0.15) is 18.4 Å². The van der Waals surface area contributed by atoms with E-state index in [1.165, 1.54) is 18.2 Å². The van der Waals surface area contributed by atoms with Gasteiger partial charge < -0.3 is 5.32 Å². The molecule has 19 heavy (non-hydrogen) atoms. The van der Waals surface area contributed by atoms with Gasteiger partial charge in [0.15, 0.2) is 0 Å². The number of nitrogens with one attached hydrogen (secondary N) is 2. The van der Waals surface area contributed by atoms with Gasteiger partial charge in [-0.15, -0.1) is 0 Å². The standard InChI is InChI=1S/C13H19FN2O2S/c1-10-8-12(2-3-13(10)14)16-19(17,18)9-11-4-6-15-7-5-11/h2-3,8,11,15-16H,4-7,9H2,1H3. The highest BCUT2D eigenvalue weighted by Gasteiger charge is 2.21. The Balaban J connectivity index is 2.01. The van der Waals surface area contributed by atoms with Gasteiger partial charge in [0.05, 0.1) is 5.75 Å². The van der Waals surface area contributed by atoms with Crippen LogP contribution < -0.4 is 10.0 Å². The Bertz CT molecular complexity index is 540. The van der Waals surface area contributed by atoms with Crippen LogP contribution in [0.4, 0.5) is 10.1 Å². The minimum absolute atomic E-state index is 0.130. The number of anilines is 1. The molecule has 1 heterocycles. The van der Waals surface area contributed by atoms with Gasteiger partial charge in [-0.2, -0.15) is 0 Å². The van der Waals surface area contributed by atoms with Crippen molar-refractivity contribution in [3.05, 3.63) is 29.6 Å². The van der Waals surface area contributed by atoms with Crippen LogP contribution in [0, 0.1) is 18.7 Å². The number of halogens is 1. The molecule has 0 unspecified atom stereocenters. The molecule has 0 saturated carbocycles. The minimum atomic E-state index is -3.36. The molecule has 0 amide bonds. The van der Waals surface area contributed by atoms with Crippen LogP contribution >= 0.6 is 0 Å². The quantitative estimate of drug-likeness (QED) is 0.888. The van der Waals surface area contributed by atoms with Gasteiger partial charge in [0.2, 0.25) is 10.0 Å². The van der Waals surface area contributed by atoms with Gasteiger partial charge in [-0.05, 0) is 62.5 Å². The highest BCUT2D eigenvalue weighted by molar-refractivity contribution is 7.92. The number of hydrogen-bond donors (Lipinski definition) is 2. The summed E-state index contributed by atoms with van der Waals surface area (Å²) in [5, 5.41) is 3.21. The van der Waals surface area contributed by atoms with Crippen LogP contribution in [-0.4, -0.2) is 27.3 Å². The molecule has 0 atom stereocenters. The van der Waals surface area contributed by atoms with E-state index in [1.54, 1.807) is 6.92 Å². The Kier molecular flexibility index (Phi) is 4.42. The number of aryl methyl sites for hydroxylation is 1. The maximum atomic E-state index is 13.1. The molecule has 1 saturated heterocycles. The van der Waals surface area contributed by atoms with Gasteiger partial charge in [-0.3, -0.25) is 4.72 Å². The first-order valence-corrected chi connectivity index (χ1v) is 8.09. The summed E-state index contributed by atoms with van der Waals surface area (Å²) < 4.78 is 39.7. The van der Waals surface area contributed by atoms with Gasteiger partial charge in [-0.1, -0.05) is 0 Å². The van der Waals surface area contributed by atoms with Gasteiger partial charge in [0.1, 0.15) is 5.82 Å². The van der Waals surface area contributed by atoms with Crippen molar-refractivity contribution in [2.45, 2.75) is 19.8 Å². The third kappa shape index (κ3) is 4.18. The third-order valence-corrected chi connectivity index (χ3v) is 4.80. The minimum Gasteiger partial charge on any atom is -0.317 e. The summed E-state index contributed by atoms with van der Waals surface area (Å²) in [6.07, 6.45) is 1.76. The normalized spacial score (nSPS) is 17.4. The lowest BCUT2D eigenvalue weighted by molar-refractivity contribution is 0.402. The van der Waals surface area contributed by atoms with Crippen LogP contribution in [0.25, 0.3) is 0 Å². The maximum Gasteiger partial charge on any atom is 0.232 e. The van der Waals surface area contributed by atoms with E-state index >= 15 is 0 Å². The molecule has 1 aromatic rings. The Hall–Kier alpha value is -1.14. The summed E-state index contributed by atoms with van der Waals surface area (Å²) in [7, 11) is -3.36. The predicted molar refractivity (Wildman–Crippen MR) is 74.1 cm³/mol. The fraction of sp³-hybridized carbons (Fsp3) is 0.538. The van der Waals surface area contributed by atoms with E-state index in [2.05, 4.69) is 10.0 Å². The lowest BCUT2D eigenvalue weighted by Crippen LogP contribution is -2.33. The summed E-state index contributed by atoms with van der Waals surface area (Å²) in [4.78, 5) is 0. The molecule has 1 aliphatic rings. The van der Waals surface area contributed by atoms with Crippen molar-refractivity contribution in [3.8, 4) is 0 Å². The first-order valence-electron chi connectivity index (χ1n) is 6.44. The zero-order chi connectivity index (χ0) is 13.9. The van der Waals surface area contributed by atoms with Crippen LogP contribution in [0.5, 0.6) is 0 Å². The van der Waals surface area contributed by atoms with Gasteiger partial charge in [-0.25, -0.2) is 12.8 Å². The lowest BCUT2D eigenvalue weighted by atomic mass is 10.0. The topological polar surface area (TPSA) is 58.2 Å². The molecule has 6 heteroatoms. The number of rotatable bonds is 4. The molecule has 0 bridgehead atoms. The highest BCUT2D eigenvalue weighted by Crippen LogP contribution is 2.18. The molecular formula is C13H19FN2O2S. The zero-order valence-electron chi connectivity index (χ0n) is 10.9. The fourth-order valence-corrected chi connectivity index (χ4v) is 3.81. The van der Waals surface area contributed by atoms with Crippen LogP contribution in [0.3, 0.4) is 0 Å². The summed E-state index contributed by atoms with van der Waals surface area (Å²) in [5.74, 6) is -0.00735. The lowest BCUT2D eigenvalue weighted by Gasteiger charge is -2.22. The fourth-order valence-electron chi connectivity index (χ4n) is 2.29. The van der Waals surface area contributed by atoms with E-state index < -0.39 is 10.0 Å². The smallest absolute Gasteiger partial charge is 0.232 e. The average molecular weight is 286 g/mol. The van der Waals surface area contributed by atoms with E-state index in [0.29, 0.717) is 11.3 Å². The van der Waals surface area contributed by atoms with Crippen molar-refractivity contribution in [3.63, 3.8) is 0 Å². The SMILES string of the molecule is Cc1cc(NS(=O)(=O)CC2CCNCC2)ccc1F. The van der Waals surface area contributed by atoms with E-state index in [0.717, 1.165) is 25.9 Å². The van der Waals surface area contributed by atoms with E-state index in [-0.39, 0.29) is 17.5 Å². The number of hydrogen-bond acceptors (Lipinski definition) is 3. The third-order valence-electron chi connectivity index (χ3n) is 3.35. The van der Waals surface area contributed by atoms with E-state index in [1.807, 2.05) is 0 Å². The van der Waals surface area contributed by atoms with Crippen molar-refractivity contribution in [1.82, 2.24) is 5.32 Å². The van der Waals surface area contributed by atoms with Crippen molar-refractivity contribution >= 4 is 15.7 Å². The number of benzene rings is 1. The molecule has 1 aromatic carbocycles. The molecular weight excluding hydrogens is 267 g/mol. The summed E-state index contributed by atoms with van der Waals surface area (Å²) in [6.45, 7) is 3.35. The molecule has 0 aliphatic carbocycles. The van der Waals surface area contributed by atoms with Gasteiger partial charge >= 0.3 is 0 Å². The van der Waals surface area contributed by atoms with E-state index in [4.69, 9.17) is 0 Å². The summed E-state index contributed by atoms with van der Waals surface area (Å²) in [5.41, 5.74) is 0.856. The predicted octanol–water partition coefficient (Wildman–Crippen LogP) is 1.88. The zero-order valence-corrected chi connectivity index (χ0v) is 11.8.